The molecular formula is C14H12N2OS. The number of H-pyrrole nitrogens is 1. The molecule has 0 saturated heterocycles. The van der Waals surface area contributed by atoms with Gasteiger partial charge in [0.15, 0.2) is 5.16 Å². The minimum absolute atomic E-state index is 0.865. The van der Waals surface area contributed by atoms with E-state index >= 15 is 0 Å². The van der Waals surface area contributed by atoms with Crippen molar-refractivity contribution in [2.24, 2.45) is 0 Å². The summed E-state index contributed by atoms with van der Waals surface area (Å²) in [6, 6.07) is 16.0. The van der Waals surface area contributed by atoms with E-state index in [4.69, 9.17) is 4.74 Å². The van der Waals surface area contributed by atoms with Gasteiger partial charge in [0.25, 0.3) is 0 Å². The smallest absolute Gasteiger partial charge is 0.171 e. The highest BCUT2D eigenvalue weighted by Gasteiger charge is 2.04. The molecule has 1 N–H and O–H groups in total. The molecule has 0 radical (unpaired) electrons. The topological polar surface area (TPSA) is 37.9 Å². The van der Waals surface area contributed by atoms with Crippen molar-refractivity contribution in [3.05, 3.63) is 48.5 Å². The van der Waals surface area contributed by atoms with Crippen molar-refractivity contribution in [3.8, 4) is 5.75 Å². The van der Waals surface area contributed by atoms with Crippen molar-refractivity contribution in [2.45, 2.75) is 10.1 Å². The quantitative estimate of drug-likeness (QED) is 0.776. The van der Waals surface area contributed by atoms with Gasteiger partial charge < -0.3 is 9.72 Å². The second kappa shape index (κ2) is 4.74. The molecule has 1 heterocycles. The van der Waals surface area contributed by atoms with Gasteiger partial charge in [-0.25, -0.2) is 4.98 Å². The monoisotopic (exact) mass is 256 g/mol. The standard InChI is InChI=1S/C14H12N2OS/c1-17-10-6-8-11(9-7-10)18-14-15-12-4-2-3-5-13(12)16-14/h2-9H,1H3,(H,15,16). The van der Waals surface area contributed by atoms with E-state index < -0.39 is 0 Å². The van der Waals surface area contributed by atoms with Gasteiger partial charge in [0.1, 0.15) is 5.75 Å². The van der Waals surface area contributed by atoms with Gasteiger partial charge in [-0.05, 0) is 36.4 Å². The summed E-state index contributed by atoms with van der Waals surface area (Å²) < 4.78 is 5.13. The maximum absolute atomic E-state index is 5.13. The molecule has 0 aliphatic heterocycles. The van der Waals surface area contributed by atoms with Crippen LogP contribution in [0, 0.1) is 0 Å². The molecule has 3 aromatic rings. The Balaban J connectivity index is 1.86. The van der Waals surface area contributed by atoms with Crippen LogP contribution in [0.3, 0.4) is 0 Å². The lowest BCUT2D eigenvalue weighted by molar-refractivity contribution is 0.414. The lowest BCUT2D eigenvalue weighted by Crippen LogP contribution is -1.81. The molecule has 0 amide bonds. The molecule has 0 spiro atoms. The van der Waals surface area contributed by atoms with E-state index in [1.807, 2.05) is 48.5 Å². The number of hydrogen-bond donors (Lipinski definition) is 1. The zero-order chi connectivity index (χ0) is 12.4. The fraction of sp³-hybridized carbons (Fsp3) is 0.0714. The summed E-state index contributed by atoms with van der Waals surface area (Å²) in [5.74, 6) is 0.865. The first-order valence-corrected chi connectivity index (χ1v) is 6.43. The van der Waals surface area contributed by atoms with Gasteiger partial charge in [0, 0.05) is 4.90 Å². The van der Waals surface area contributed by atoms with E-state index in [1.54, 1.807) is 18.9 Å². The second-order valence-corrected chi connectivity index (χ2v) is 4.90. The lowest BCUT2D eigenvalue weighted by atomic mass is 10.3. The Bertz CT molecular complexity index is 628. The average Bonchev–Trinajstić information content (AvgIpc) is 2.82. The molecule has 90 valence electrons. The first-order valence-electron chi connectivity index (χ1n) is 5.62. The molecule has 18 heavy (non-hydrogen) atoms. The van der Waals surface area contributed by atoms with Crippen LogP contribution in [0.25, 0.3) is 11.0 Å². The number of ether oxygens (including phenoxy) is 1. The van der Waals surface area contributed by atoms with E-state index in [9.17, 15) is 0 Å². The van der Waals surface area contributed by atoms with Crippen LogP contribution in [0.2, 0.25) is 0 Å². The lowest BCUT2D eigenvalue weighted by Gasteiger charge is -2.00. The normalized spacial score (nSPS) is 10.7. The van der Waals surface area contributed by atoms with Crippen LogP contribution in [0.15, 0.2) is 58.6 Å². The molecule has 0 aliphatic rings. The fourth-order valence-electron chi connectivity index (χ4n) is 1.73. The number of imidazole rings is 1. The van der Waals surface area contributed by atoms with Crippen LogP contribution in [-0.2, 0) is 0 Å². The van der Waals surface area contributed by atoms with Crippen LogP contribution >= 0.6 is 11.8 Å². The molecule has 4 heteroatoms. The van der Waals surface area contributed by atoms with Crippen LogP contribution in [0.1, 0.15) is 0 Å². The van der Waals surface area contributed by atoms with Gasteiger partial charge in [0.2, 0.25) is 0 Å². The van der Waals surface area contributed by atoms with Crippen molar-refractivity contribution in [1.82, 2.24) is 9.97 Å². The van der Waals surface area contributed by atoms with E-state index in [2.05, 4.69) is 9.97 Å². The summed E-state index contributed by atoms with van der Waals surface area (Å²) in [6.07, 6.45) is 0. The van der Waals surface area contributed by atoms with Crippen molar-refractivity contribution in [1.29, 1.82) is 0 Å². The number of hydrogen-bond acceptors (Lipinski definition) is 3. The molecule has 1 aromatic heterocycles. The molecule has 2 aromatic carbocycles. The summed E-state index contributed by atoms with van der Waals surface area (Å²) in [5, 5.41) is 0.904. The van der Waals surface area contributed by atoms with Crippen molar-refractivity contribution < 1.29 is 4.74 Å². The van der Waals surface area contributed by atoms with Crippen LogP contribution in [0.4, 0.5) is 0 Å². The van der Waals surface area contributed by atoms with Gasteiger partial charge in [-0.1, -0.05) is 23.9 Å². The first kappa shape index (κ1) is 11.2. The number of benzene rings is 2. The SMILES string of the molecule is COc1ccc(Sc2nc3ccccc3[nH]2)cc1. The second-order valence-electron chi connectivity index (χ2n) is 3.84. The van der Waals surface area contributed by atoms with Gasteiger partial charge >= 0.3 is 0 Å². The number of nitrogens with zero attached hydrogens (tertiary/aromatic N) is 1. The molecule has 0 aliphatic carbocycles. The number of methoxy groups -OCH3 is 1. The Labute approximate surface area is 109 Å². The van der Waals surface area contributed by atoms with Gasteiger partial charge in [-0.2, -0.15) is 0 Å². The minimum Gasteiger partial charge on any atom is -0.497 e. The Kier molecular flexibility index (Phi) is 2.94. The summed E-state index contributed by atoms with van der Waals surface area (Å²) in [5.41, 5.74) is 2.06. The van der Waals surface area contributed by atoms with Gasteiger partial charge in [-0.15, -0.1) is 0 Å². The van der Waals surface area contributed by atoms with Crippen molar-refractivity contribution >= 4 is 22.8 Å². The Morgan fingerprint density at radius 3 is 2.56 bits per heavy atom. The fourth-order valence-corrected chi connectivity index (χ4v) is 2.53. The van der Waals surface area contributed by atoms with Crippen LogP contribution in [-0.4, -0.2) is 17.1 Å². The number of para-hydroxylation sites is 2. The maximum Gasteiger partial charge on any atom is 0.171 e. The molecule has 3 rings (SSSR count). The van der Waals surface area contributed by atoms with Crippen molar-refractivity contribution in [3.63, 3.8) is 0 Å². The first-order chi connectivity index (χ1) is 8.85. The predicted molar refractivity (Wildman–Crippen MR) is 73.2 cm³/mol. The van der Waals surface area contributed by atoms with E-state index in [0.717, 1.165) is 26.8 Å². The number of aromatic nitrogens is 2. The highest BCUT2D eigenvalue weighted by atomic mass is 32.2. The number of rotatable bonds is 3. The highest BCUT2D eigenvalue weighted by Crippen LogP contribution is 2.28. The highest BCUT2D eigenvalue weighted by molar-refractivity contribution is 7.99. The van der Waals surface area contributed by atoms with Crippen molar-refractivity contribution in [2.75, 3.05) is 7.11 Å². The molecule has 0 unspecified atom stereocenters. The van der Waals surface area contributed by atoms with E-state index in [1.165, 1.54) is 0 Å². The predicted octanol–water partition coefficient (Wildman–Crippen LogP) is 3.72. The summed E-state index contributed by atoms with van der Waals surface area (Å²) in [7, 11) is 1.67. The molecule has 3 nitrogen and oxygen atoms in total. The molecular weight excluding hydrogens is 244 g/mol. The number of fused-ring (bicyclic) bond motifs is 1. The Morgan fingerprint density at radius 2 is 1.83 bits per heavy atom. The minimum atomic E-state index is 0.865. The zero-order valence-corrected chi connectivity index (χ0v) is 10.7. The Hall–Kier alpha value is -1.94. The van der Waals surface area contributed by atoms with E-state index in [-0.39, 0.29) is 0 Å². The maximum atomic E-state index is 5.13. The van der Waals surface area contributed by atoms with E-state index in [0.29, 0.717) is 0 Å². The number of nitrogens with one attached hydrogen (secondary N) is 1. The zero-order valence-electron chi connectivity index (χ0n) is 9.88. The molecule has 0 saturated carbocycles. The van der Waals surface area contributed by atoms with Crippen LogP contribution in [0.5, 0.6) is 5.75 Å². The summed E-state index contributed by atoms with van der Waals surface area (Å²) in [6.45, 7) is 0. The molecule has 0 atom stereocenters. The molecule has 0 fully saturated rings. The number of aromatic amines is 1. The third-order valence-corrected chi connectivity index (χ3v) is 3.54. The third-order valence-electron chi connectivity index (χ3n) is 2.64. The average molecular weight is 256 g/mol. The Morgan fingerprint density at radius 1 is 1.06 bits per heavy atom. The van der Waals surface area contributed by atoms with Crippen LogP contribution < -0.4 is 4.74 Å². The van der Waals surface area contributed by atoms with Gasteiger partial charge in [0.05, 0.1) is 18.1 Å². The van der Waals surface area contributed by atoms with Gasteiger partial charge in [-0.3, -0.25) is 0 Å². The summed E-state index contributed by atoms with van der Waals surface area (Å²) in [4.78, 5) is 8.95. The third kappa shape index (κ3) is 2.19. The molecule has 0 bridgehead atoms. The summed E-state index contributed by atoms with van der Waals surface area (Å²) >= 11 is 1.61. The largest absolute Gasteiger partial charge is 0.497 e.